The van der Waals surface area contributed by atoms with Crippen LogP contribution in [-0.4, -0.2) is 34.7 Å². The Labute approximate surface area is 194 Å². The lowest BCUT2D eigenvalue weighted by molar-refractivity contribution is -0.114. The van der Waals surface area contributed by atoms with E-state index in [9.17, 15) is 9.59 Å². The van der Waals surface area contributed by atoms with Gasteiger partial charge in [-0.25, -0.2) is 4.79 Å². The number of carbonyl (C=O) groups is 2. The van der Waals surface area contributed by atoms with E-state index in [-0.39, 0.29) is 5.57 Å². The van der Waals surface area contributed by atoms with Gasteiger partial charge < -0.3 is 21.1 Å². The second-order valence-electron chi connectivity index (χ2n) is 7.02. The number of amides is 2. The maximum Gasteiger partial charge on any atom is 0.411 e. The van der Waals surface area contributed by atoms with Crippen LogP contribution in [0, 0.1) is 6.92 Å². The molecule has 164 valence electrons. The van der Waals surface area contributed by atoms with Crippen LogP contribution < -0.4 is 27.0 Å². The molecule has 2 amide bonds. The maximum absolute atomic E-state index is 11.9. The molecule has 0 saturated heterocycles. The number of allylic oxidation sites excluding steroid dienone is 1. The number of anilines is 1. The minimum Gasteiger partial charge on any atom is -0.450 e. The Balaban J connectivity index is 1.66. The van der Waals surface area contributed by atoms with Crippen LogP contribution in [0.4, 0.5) is 10.5 Å². The van der Waals surface area contributed by atoms with Crippen molar-refractivity contribution < 1.29 is 14.3 Å². The molecule has 2 atom stereocenters. The van der Waals surface area contributed by atoms with Crippen molar-refractivity contribution in [3.8, 4) is 0 Å². The molecule has 9 nitrogen and oxygen atoms in total. The molecule has 31 heavy (non-hydrogen) atoms. The Bertz CT molecular complexity index is 987. The van der Waals surface area contributed by atoms with Gasteiger partial charge in [0.1, 0.15) is 5.82 Å². The molecule has 0 saturated carbocycles. The number of hydrogen-bond acceptors (Lipinski definition) is 7. The smallest absolute Gasteiger partial charge is 0.411 e. The number of aryl methyl sites for hydroxylation is 1. The van der Waals surface area contributed by atoms with Crippen LogP contribution in [0.15, 0.2) is 64.6 Å². The van der Waals surface area contributed by atoms with Gasteiger partial charge in [-0.15, -0.1) is 0 Å². The van der Waals surface area contributed by atoms with E-state index in [1.165, 1.54) is 6.21 Å². The summed E-state index contributed by atoms with van der Waals surface area (Å²) in [5.41, 5.74) is 8.37. The first kappa shape index (κ1) is 22.8. The SMILES string of the molecule is CCOC(=O)NC1=CC[C@](I)(NC2N=CC(C(N)=O)=C(Nc3cccc(C)c3)N2)C=C1. The fourth-order valence-corrected chi connectivity index (χ4v) is 3.72. The highest BCUT2D eigenvalue weighted by Crippen LogP contribution is 2.28. The predicted octanol–water partition coefficient (Wildman–Crippen LogP) is 2.37. The number of nitrogens with one attached hydrogen (secondary N) is 4. The van der Waals surface area contributed by atoms with Gasteiger partial charge in [0.05, 0.1) is 15.7 Å². The number of benzene rings is 1. The molecule has 6 N–H and O–H groups in total. The first-order valence-electron chi connectivity index (χ1n) is 9.75. The van der Waals surface area contributed by atoms with Gasteiger partial charge in [-0.2, -0.15) is 0 Å². The summed E-state index contributed by atoms with van der Waals surface area (Å²) in [6.07, 6.45) is 6.74. The molecule has 2 aliphatic rings. The average molecular weight is 536 g/mol. The Morgan fingerprint density at radius 1 is 1.42 bits per heavy atom. The molecule has 1 aromatic carbocycles. The van der Waals surface area contributed by atoms with E-state index in [2.05, 4.69) is 48.9 Å². The van der Waals surface area contributed by atoms with Gasteiger partial charge in [0.2, 0.25) is 0 Å². The zero-order valence-electron chi connectivity index (χ0n) is 17.2. The van der Waals surface area contributed by atoms with E-state index in [0.717, 1.165) is 11.3 Å². The van der Waals surface area contributed by atoms with Crippen molar-refractivity contribution in [2.75, 3.05) is 11.9 Å². The van der Waals surface area contributed by atoms with Crippen LogP contribution >= 0.6 is 22.6 Å². The van der Waals surface area contributed by atoms with Crippen molar-refractivity contribution in [1.82, 2.24) is 16.0 Å². The van der Waals surface area contributed by atoms with Gasteiger partial charge in [-0.1, -0.05) is 46.9 Å². The molecule has 1 aliphatic heterocycles. The van der Waals surface area contributed by atoms with Crippen LogP contribution in [0.3, 0.4) is 0 Å². The summed E-state index contributed by atoms with van der Waals surface area (Å²) < 4.78 is 4.44. The summed E-state index contributed by atoms with van der Waals surface area (Å²) in [4.78, 5) is 27.8. The number of aliphatic imine (C=N–C) groups is 1. The van der Waals surface area contributed by atoms with Gasteiger partial charge in [0.25, 0.3) is 5.91 Å². The summed E-state index contributed by atoms with van der Waals surface area (Å²) >= 11 is 2.28. The number of rotatable bonds is 7. The van der Waals surface area contributed by atoms with Crippen molar-refractivity contribution in [1.29, 1.82) is 0 Å². The third-order valence-electron chi connectivity index (χ3n) is 4.50. The second-order valence-corrected chi connectivity index (χ2v) is 8.95. The Kier molecular flexibility index (Phi) is 7.33. The van der Waals surface area contributed by atoms with Crippen LogP contribution in [0.25, 0.3) is 0 Å². The molecule has 3 rings (SSSR count). The van der Waals surface area contributed by atoms with Crippen molar-refractivity contribution >= 4 is 46.5 Å². The molecular formula is C21H25IN6O3. The third kappa shape index (κ3) is 6.31. The van der Waals surface area contributed by atoms with Gasteiger partial charge in [-0.3, -0.25) is 20.4 Å². The van der Waals surface area contributed by atoms with Crippen molar-refractivity contribution in [3.63, 3.8) is 0 Å². The summed E-state index contributed by atoms with van der Waals surface area (Å²) in [6.45, 7) is 4.05. The molecule has 1 unspecified atom stereocenters. The van der Waals surface area contributed by atoms with Crippen molar-refractivity contribution in [2.24, 2.45) is 10.7 Å². The molecule has 1 aromatic rings. The van der Waals surface area contributed by atoms with Gasteiger partial charge in [0, 0.05) is 17.6 Å². The Hall–Kier alpha value is -2.86. The molecule has 10 heteroatoms. The van der Waals surface area contributed by atoms with Gasteiger partial charge in [0.15, 0.2) is 6.29 Å². The number of primary amides is 1. The fraction of sp³-hybridized carbons (Fsp3) is 0.286. The highest BCUT2D eigenvalue weighted by Gasteiger charge is 2.30. The lowest BCUT2D eigenvalue weighted by atomic mass is 10.1. The second kappa shape index (κ2) is 9.96. The monoisotopic (exact) mass is 536 g/mol. The zero-order valence-corrected chi connectivity index (χ0v) is 19.4. The number of ether oxygens (including phenoxy) is 1. The number of alkyl halides is 1. The topological polar surface area (TPSA) is 130 Å². The van der Waals surface area contributed by atoms with E-state index in [0.29, 0.717) is 24.5 Å². The number of halogens is 1. The van der Waals surface area contributed by atoms with Crippen LogP contribution in [0.2, 0.25) is 0 Å². The third-order valence-corrected chi connectivity index (χ3v) is 5.61. The lowest BCUT2D eigenvalue weighted by Crippen LogP contribution is -2.53. The quantitative estimate of drug-likeness (QED) is 0.207. The normalized spacial score (nSPS) is 22.4. The lowest BCUT2D eigenvalue weighted by Gasteiger charge is -2.33. The largest absolute Gasteiger partial charge is 0.450 e. The number of carbonyl (C=O) groups excluding carboxylic acids is 2. The van der Waals surface area contributed by atoms with E-state index in [1.807, 2.05) is 49.4 Å². The number of nitrogens with two attached hydrogens (primary N) is 1. The van der Waals surface area contributed by atoms with Crippen LogP contribution in [0.1, 0.15) is 18.9 Å². The minimum atomic E-state index is -0.579. The molecule has 0 fully saturated rings. The number of nitrogens with zero attached hydrogens (tertiary/aromatic N) is 1. The fourth-order valence-electron chi connectivity index (χ4n) is 3.02. The highest BCUT2D eigenvalue weighted by atomic mass is 127. The van der Waals surface area contributed by atoms with E-state index >= 15 is 0 Å². The maximum atomic E-state index is 11.9. The average Bonchev–Trinajstić information content (AvgIpc) is 2.70. The predicted molar refractivity (Wildman–Crippen MR) is 128 cm³/mol. The minimum absolute atomic E-state index is 0.266. The summed E-state index contributed by atoms with van der Waals surface area (Å²) in [6, 6.07) is 7.79. The van der Waals surface area contributed by atoms with Crippen LogP contribution in [0.5, 0.6) is 0 Å². The molecule has 0 aromatic heterocycles. The number of hydrogen-bond donors (Lipinski definition) is 5. The highest BCUT2D eigenvalue weighted by molar-refractivity contribution is 14.1. The standard InChI is InChI=1S/C21H25IN6O3/c1-3-31-20(30)26-14-7-9-21(22,10-8-14)28-19-24-12-16(17(23)29)18(27-19)25-15-6-4-5-13(2)11-15/h4-9,11-12,19,25,27-28H,3,10H2,1-2H3,(H2,23,29)(H,26,30)/t19?,21-/m1/s1. The Morgan fingerprint density at radius 3 is 2.87 bits per heavy atom. The molecule has 0 radical (unpaired) electrons. The van der Waals surface area contributed by atoms with Gasteiger partial charge in [-0.05, 0) is 44.0 Å². The van der Waals surface area contributed by atoms with Gasteiger partial charge >= 0.3 is 6.09 Å². The first-order chi connectivity index (χ1) is 14.8. The zero-order chi connectivity index (χ0) is 22.4. The van der Waals surface area contributed by atoms with E-state index < -0.39 is 21.8 Å². The molecule has 1 heterocycles. The Morgan fingerprint density at radius 2 is 2.23 bits per heavy atom. The summed E-state index contributed by atoms with van der Waals surface area (Å²) in [5, 5.41) is 12.5. The van der Waals surface area contributed by atoms with Crippen LogP contribution in [-0.2, 0) is 9.53 Å². The molecule has 0 bridgehead atoms. The first-order valence-corrected chi connectivity index (χ1v) is 10.8. The summed E-state index contributed by atoms with van der Waals surface area (Å²) in [7, 11) is 0. The summed E-state index contributed by atoms with van der Waals surface area (Å²) in [5.74, 6) is -0.102. The van der Waals surface area contributed by atoms with Crippen molar-refractivity contribution in [2.45, 2.75) is 30.1 Å². The molecular weight excluding hydrogens is 511 g/mol. The van der Waals surface area contributed by atoms with E-state index in [1.54, 1.807) is 6.92 Å². The van der Waals surface area contributed by atoms with E-state index in [4.69, 9.17) is 10.5 Å². The number of alkyl carbamates (subject to hydrolysis) is 1. The molecule has 0 spiro atoms. The molecule has 1 aliphatic carbocycles. The van der Waals surface area contributed by atoms with Crippen molar-refractivity contribution in [3.05, 3.63) is 65.1 Å².